The smallest absolute Gasteiger partial charge is 0.316 e. The summed E-state index contributed by atoms with van der Waals surface area (Å²) in [5.41, 5.74) is 1.23. The SMILES string of the molecule is COc1ncc(C(=O)C(C)C)c(C)n1. The Kier molecular flexibility index (Phi) is 3.17. The van der Waals surface area contributed by atoms with E-state index >= 15 is 0 Å². The molecule has 4 nitrogen and oxygen atoms in total. The van der Waals surface area contributed by atoms with Gasteiger partial charge >= 0.3 is 6.01 Å². The van der Waals surface area contributed by atoms with Gasteiger partial charge < -0.3 is 4.74 Å². The summed E-state index contributed by atoms with van der Waals surface area (Å²) in [7, 11) is 1.50. The highest BCUT2D eigenvalue weighted by Crippen LogP contribution is 2.12. The number of carbonyl (C=O) groups excluding carboxylic acids is 1. The van der Waals surface area contributed by atoms with Gasteiger partial charge in [-0.25, -0.2) is 4.98 Å². The highest BCUT2D eigenvalue weighted by atomic mass is 16.5. The Morgan fingerprint density at radius 2 is 2.14 bits per heavy atom. The molecule has 0 saturated heterocycles. The van der Waals surface area contributed by atoms with Crippen molar-refractivity contribution in [2.45, 2.75) is 20.8 Å². The van der Waals surface area contributed by atoms with Crippen molar-refractivity contribution in [3.63, 3.8) is 0 Å². The number of aromatic nitrogens is 2. The first-order valence-electron chi connectivity index (χ1n) is 4.48. The second-order valence-corrected chi connectivity index (χ2v) is 3.37. The first kappa shape index (κ1) is 10.6. The van der Waals surface area contributed by atoms with Gasteiger partial charge in [0, 0.05) is 12.1 Å². The number of carbonyl (C=O) groups is 1. The van der Waals surface area contributed by atoms with Gasteiger partial charge in [-0.3, -0.25) is 4.79 Å². The minimum atomic E-state index is -0.0364. The molecule has 0 fully saturated rings. The van der Waals surface area contributed by atoms with Crippen LogP contribution in [0.4, 0.5) is 0 Å². The maximum absolute atomic E-state index is 11.6. The predicted octanol–water partition coefficient (Wildman–Crippen LogP) is 1.63. The highest BCUT2D eigenvalue weighted by Gasteiger charge is 2.14. The number of hydrogen-bond acceptors (Lipinski definition) is 4. The van der Waals surface area contributed by atoms with Crippen molar-refractivity contribution < 1.29 is 9.53 Å². The average molecular weight is 194 g/mol. The summed E-state index contributed by atoms with van der Waals surface area (Å²) in [6.45, 7) is 5.48. The van der Waals surface area contributed by atoms with E-state index in [2.05, 4.69) is 9.97 Å². The van der Waals surface area contributed by atoms with E-state index < -0.39 is 0 Å². The number of rotatable bonds is 3. The Hall–Kier alpha value is -1.45. The van der Waals surface area contributed by atoms with Crippen molar-refractivity contribution >= 4 is 5.78 Å². The van der Waals surface area contributed by atoms with Gasteiger partial charge in [0.1, 0.15) is 0 Å². The second kappa shape index (κ2) is 4.17. The Bertz CT molecular complexity index is 348. The average Bonchev–Trinajstić information content (AvgIpc) is 2.16. The molecule has 0 spiro atoms. The summed E-state index contributed by atoms with van der Waals surface area (Å²) in [6.07, 6.45) is 1.52. The molecule has 0 radical (unpaired) electrons. The maximum atomic E-state index is 11.6. The third-order valence-corrected chi connectivity index (χ3v) is 1.93. The summed E-state index contributed by atoms with van der Waals surface area (Å²) in [6, 6.07) is 0.294. The van der Waals surface area contributed by atoms with E-state index in [4.69, 9.17) is 4.74 Å². The van der Waals surface area contributed by atoms with Crippen LogP contribution in [0, 0.1) is 12.8 Å². The number of hydrogen-bond donors (Lipinski definition) is 0. The largest absolute Gasteiger partial charge is 0.467 e. The zero-order chi connectivity index (χ0) is 10.7. The monoisotopic (exact) mass is 194 g/mol. The molecule has 14 heavy (non-hydrogen) atoms. The maximum Gasteiger partial charge on any atom is 0.316 e. The third-order valence-electron chi connectivity index (χ3n) is 1.93. The fourth-order valence-corrected chi connectivity index (χ4v) is 1.10. The van der Waals surface area contributed by atoms with Gasteiger partial charge in [-0.05, 0) is 6.92 Å². The molecule has 1 rings (SSSR count). The standard InChI is InChI=1S/C10H14N2O2/c1-6(2)9(13)8-5-11-10(14-4)12-7(8)3/h5-6H,1-4H3. The molecule has 0 saturated carbocycles. The van der Waals surface area contributed by atoms with Crippen LogP contribution in [0.15, 0.2) is 6.20 Å². The summed E-state index contributed by atoms with van der Waals surface area (Å²) in [5, 5.41) is 0. The zero-order valence-electron chi connectivity index (χ0n) is 8.87. The summed E-state index contributed by atoms with van der Waals surface area (Å²) < 4.78 is 4.86. The summed E-state index contributed by atoms with van der Waals surface area (Å²) in [5.74, 6) is 0.0239. The van der Waals surface area contributed by atoms with Crippen LogP contribution in [-0.4, -0.2) is 22.9 Å². The van der Waals surface area contributed by atoms with E-state index in [1.54, 1.807) is 6.92 Å². The highest BCUT2D eigenvalue weighted by molar-refractivity contribution is 5.98. The van der Waals surface area contributed by atoms with Crippen LogP contribution in [0.3, 0.4) is 0 Å². The van der Waals surface area contributed by atoms with Gasteiger partial charge in [0.15, 0.2) is 5.78 Å². The number of ether oxygens (including phenoxy) is 1. The molecule has 76 valence electrons. The molecule has 0 bridgehead atoms. The Morgan fingerprint density at radius 3 is 2.57 bits per heavy atom. The van der Waals surface area contributed by atoms with E-state index in [0.717, 1.165) is 0 Å². The van der Waals surface area contributed by atoms with Crippen LogP contribution in [0.2, 0.25) is 0 Å². The molecule has 0 N–H and O–H groups in total. The zero-order valence-corrected chi connectivity index (χ0v) is 8.87. The quantitative estimate of drug-likeness (QED) is 0.686. The Balaban J connectivity index is 3.06. The topological polar surface area (TPSA) is 52.1 Å². The number of ketones is 1. The first-order chi connectivity index (χ1) is 6.56. The normalized spacial score (nSPS) is 10.4. The summed E-state index contributed by atoms with van der Waals surface area (Å²) >= 11 is 0. The number of nitrogens with zero attached hydrogens (tertiary/aromatic N) is 2. The molecule has 4 heteroatoms. The van der Waals surface area contributed by atoms with Crippen LogP contribution >= 0.6 is 0 Å². The van der Waals surface area contributed by atoms with Crippen molar-refractivity contribution in [1.82, 2.24) is 9.97 Å². The molecule has 0 unspecified atom stereocenters. The third kappa shape index (κ3) is 2.07. The van der Waals surface area contributed by atoms with Crippen LogP contribution in [0.5, 0.6) is 6.01 Å². The Labute approximate surface area is 83.3 Å². The first-order valence-corrected chi connectivity index (χ1v) is 4.48. The van der Waals surface area contributed by atoms with E-state index in [-0.39, 0.29) is 11.7 Å². The molecule has 1 aromatic heterocycles. The van der Waals surface area contributed by atoms with E-state index in [0.29, 0.717) is 17.3 Å². The number of methoxy groups -OCH3 is 1. The molecule has 0 amide bonds. The lowest BCUT2D eigenvalue weighted by Crippen LogP contribution is -2.11. The van der Waals surface area contributed by atoms with Gasteiger partial charge in [0.2, 0.25) is 0 Å². The van der Waals surface area contributed by atoms with Crippen molar-refractivity contribution in [3.8, 4) is 6.01 Å². The van der Waals surface area contributed by atoms with Crippen LogP contribution in [0.1, 0.15) is 29.9 Å². The lowest BCUT2D eigenvalue weighted by molar-refractivity contribution is 0.0937. The van der Waals surface area contributed by atoms with Gasteiger partial charge in [0.25, 0.3) is 0 Å². The van der Waals surface area contributed by atoms with Crippen molar-refractivity contribution in [2.24, 2.45) is 5.92 Å². The van der Waals surface area contributed by atoms with Gasteiger partial charge in [0.05, 0.1) is 18.4 Å². The molecule has 1 aromatic rings. The van der Waals surface area contributed by atoms with Crippen LogP contribution < -0.4 is 4.74 Å². The molecular weight excluding hydrogens is 180 g/mol. The Morgan fingerprint density at radius 1 is 1.50 bits per heavy atom. The minimum Gasteiger partial charge on any atom is -0.467 e. The second-order valence-electron chi connectivity index (χ2n) is 3.37. The van der Waals surface area contributed by atoms with Crippen molar-refractivity contribution in [3.05, 3.63) is 17.5 Å². The summed E-state index contributed by atoms with van der Waals surface area (Å²) in [4.78, 5) is 19.6. The number of aryl methyl sites for hydroxylation is 1. The van der Waals surface area contributed by atoms with Gasteiger partial charge in [-0.1, -0.05) is 13.8 Å². The molecule has 0 aliphatic carbocycles. The molecular formula is C10H14N2O2. The molecule has 1 heterocycles. The molecule has 0 atom stereocenters. The fourth-order valence-electron chi connectivity index (χ4n) is 1.10. The van der Waals surface area contributed by atoms with E-state index in [1.165, 1.54) is 13.3 Å². The predicted molar refractivity (Wildman–Crippen MR) is 52.5 cm³/mol. The number of Topliss-reactive ketones (excluding diaryl/α,β-unsaturated/α-hetero) is 1. The van der Waals surface area contributed by atoms with Crippen molar-refractivity contribution in [2.75, 3.05) is 7.11 Å². The fraction of sp³-hybridized carbons (Fsp3) is 0.500. The molecule has 0 aliphatic heterocycles. The van der Waals surface area contributed by atoms with Crippen LogP contribution in [0.25, 0.3) is 0 Å². The minimum absolute atomic E-state index is 0.0364. The van der Waals surface area contributed by atoms with Crippen molar-refractivity contribution in [1.29, 1.82) is 0 Å². The van der Waals surface area contributed by atoms with Gasteiger partial charge in [-0.2, -0.15) is 4.98 Å². The molecule has 0 aliphatic rings. The lowest BCUT2D eigenvalue weighted by Gasteiger charge is -2.07. The molecule has 0 aromatic carbocycles. The van der Waals surface area contributed by atoms with Gasteiger partial charge in [-0.15, -0.1) is 0 Å². The lowest BCUT2D eigenvalue weighted by atomic mass is 10.0. The van der Waals surface area contributed by atoms with E-state index in [1.807, 2.05) is 13.8 Å². The van der Waals surface area contributed by atoms with Crippen LogP contribution in [-0.2, 0) is 0 Å². The van der Waals surface area contributed by atoms with E-state index in [9.17, 15) is 4.79 Å².